The normalized spacial score (nSPS) is 14.2. The Kier molecular flexibility index (Phi) is 3.29. The molecule has 20 heavy (non-hydrogen) atoms. The average molecular weight is 269 g/mol. The Morgan fingerprint density at radius 1 is 1.05 bits per heavy atom. The zero-order chi connectivity index (χ0) is 13.9. The molecule has 1 heterocycles. The van der Waals surface area contributed by atoms with Crippen molar-refractivity contribution in [3.63, 3.8) is 0 Å². The fraction of sp³-hybridized carbons (Fsp3) is 0.125. The predicted octanol–water partition coefficient (Wildman–Crippen LogP) is 0.809. The van der Waals surface area contributed by atoms with Crippen LogP contribution in [0.25, 0.3) is 0 Å². The van der Waals surface area contributed by atoms with Gasteiger partial charge >= 0.3 is 5.91 Å². The van der Waals surface area contributed by atoms with E-state index in [9.17, 15) is 9.18 Å². The van der Waals surface area contributed by atoms with E-state index in [1.54, 1.807) is 17.0 Å². The van der Waals surface area contributed by atoms with Crippen LogP contribution in [0.15, 0.2) is 54.6 Å². The third-order valence-electron chi connectivity index (χ3n) is 3.29. The molecule has 1 aliphatic rings. The summed E-state index contributed by atoms with van der Waals surface area (Å²) in [6.07, 6.45) is 0. The van der Waals surface area contributed by atoms with Crippen LogP contribution < -0.4 is 4.99 Å². The monoisotopic (exact) mass is 269 g/mol. The average Bonchev–Trinajstić information content (AvgIpc) is 2.97. The summed E-state index contributed by atoms with van der Waals surface area (Å²) in [6.45, 7) is 1.21. The van der Waals surface area contributed by atoms with E-state index < -0.39 is 5.82 Å². The molecule has 3 rings (SSSR count). The number of nitrogens with one attached hydrogen (secondary N) is 1. The number of amidine groups is 1. The van der Waals surface area contributed by atoms with E-state index in [2.05, 4.69) is 4.99 Å². The van der Waals surface area contributed by atoms with Gasteiger partial charge in [0, 0.05) is 0 Å². The number of carbonyl (C=O) groups excluding carboxylic acids is 1. The number of hydrogen-bond acceptors (Lipinski definition) is 1. The summed E-state index contributed by atoms with van der Waals surface area (Å²) in [4.78, 5) is 17.3. The molecule has 2 aromatic carbocycles. The first kappa shape index (κ1) is 12.5. The summed E-state index contributed by atoms with van der Waals surface area (Å²) < 4.78 is 13.7. The fourth-order valence-electron chi connectivity index (χ4n) is 2.33. The van der Waals surface area contributed by atoms with Gasteiger partial charge in [-0.25, -0.2) is 9.18 Å². The van der Waals surface area contributed by atoms with Gasteiger partial charge < -0.3 is 0 Å². The van der Waals surface area contributed by atoms with E-state index in [1.807, 2.05) is 30.3 Å². The molecule has 0 radical (unpaired) electrons. The topological polar surface area (TPSA) is 34.3 Å². The second-order valence-electron chi connectivity index (χ2n) is 4.58. The SMILES string of the molecule is O=C(c1ccccc1F)N1CC[NH+]=C1c1ccccc1. The van der Waals surface area contributed by atoms with Crippen molar-refractivity contribution in [2.75, 3.05) is 13.1 Å². The Bertz CT molecular complexity index is 667. The molecule has 0 saturated carbocycles. The molecule has 2 aromatic rings. The second-order valence-corrected chi connectivity index (χ2v) is 4.58. The highest BCUT2D eigenvalue weighted by Gasteiger charge is 2.34. The molecule has 1 aliphatic heterocycles. The van der Waals surface area contributed by atoms with Gasteiger partial charge in [-0.3, -0.25) is 4.99 Å². The Balaban J connectivity index is 1.93. The van der Waals surface area contributed by atoms with Crippen molar-refractivity contribution in [2.24, 2.45) is 0 Å². The van der Waals surface area contributed by atoms with Gasteiger partial charge in [-0.15, -0.1) is 0 Å². The first-order chi connectivity index (χ1) is 9.77. The summed E-state index contributed by atoms with van der Waals surface area (Å²) >= 11 is 0. The van der Waals surface area contributed by atoms with Crippen LogP contribution in [-0.2, 0) is 0 Å². The van der Waals surface area contributed by atoms with E-state index >= 15 is 0 Å². The lowest BCUT2D eigenvalue weighted by atomic mass is 10.1. The van der Waals surface area contributed by atoms with Gasteiger partial charge in [-0.05, 0) is 24.3 Å². The molecule has 0 aromatic heterocycles. The summed E-state index contributed by atoms with van der Waals surface area (Å²) in [6, 6.07) is 15.7. The van der Waals surface area contributed by atoms with Crippen molar-refractivity contribution in [2.45, 2.75) is 0 Å². The zero-order valence-electron chi connectivity index (χ0n) is 10.8. The van der Waals surface area contributed by atoms with Crippen LogP contribution in [0.3, 0.4) is 0 Å². The highest BCUT2D eigenvalue weighted by Crippen LogP contribution is 2.13. The number of hydrogen-bond donors (Lipinski definition) is 1. The molecule has 1 N–H and O–H groups in total. The van der Waals surface area contributed by atoms with Crippen molar-refractivity contribution in [1.29, 1.82) is 0 Å². The van der Waals surface area contributed by atoms with Crippen molar-refractivity contribution in [1.82, 2.24) is 4.90 Å². The van der Waals surface area contributed by atoms with Gasteiger partial charge in [0.15, 0.2) is 0 Å². The number of benzene rings is 2. The maximum absolute atomic E-state index is 13.7. The molecular formula is C16H14FN2O+. The predicted molar refractivity (Wildman–Crippen MR) is 73.8 cm³/mol. The van der Waals surface area contributed by atoms with Gasteiger partial charge in [0.05, 0.1) is 11.1 Å². The molecule has 100 valence electrons. The lowest BCUT2D eigenvalue weighted by Gasteiger charge is -2.11. The van der Waals surface area contributed by atoms with Crippen LogP contribution in [-0.4, -0.2) is 29.7 Å². The van der Waals surface area contributed by atoms with Crippen LogP contribution in [0.5, 0.6) is 0 Å². The smallest absolute Gasteiger partial charge is 0.270 e. The van der Waals surface area contributed by atoms with Crippen LogP contribution in [0.2, 0.25) is 0 Å². The highest BCUT2D eigenvalue weighted by molar-refractivity contribution is 6.10. The molecule has 0 atom stereocenters. The standard InChI is InChI=1S/C16H13FN2O/c17-14-9-5-4-8-13(14)16(20)19-11-10-18-15(19)12-6-2-1-3-7-12/h1-9H,10-11H2/p+1. The lowest BCUT2D eigenvalue weighted by molar-refractivity contribution is -0.444. The first-order valence-electron chi connectivity index (χ1n) is 6.50. The molecule has 3 nitrogen and oxygen atoms in total. The highest BCUT2D eigenvalue weighted by atomic mass is 19.1. The minimum absolute atomic E-state index is 0.102. The van der Waals surface area contributed by atoms with E-state index in [4.69, 9.17) is 0 Å². The fourth-order valence-corrected chi connectivity index (χ4v) is 2.33. The number of rotatable bonds is 2. The van der Waals surface area contributed by atoms with E-state index in [0.717, 1.165) is 11.4 Å². The number of amides is 1. The molecule has 1 amide bonds. The van der Waals surface area contributed by atoms with Crippen molar-refractivity contribution < 1.29 is 14.2 Å². The molecule has 0 saturated heterocycles. The van der Waals surface area contributed by atoms with Crippen LogP contribution in [0, 0.1) is 5.82 Å². The number of nitrogens with zero attached hydrogens (tertiary/aromatic N) is 1. The van der Waals surface area contributed by atoms with Gasteiger partial charge in [0.1, 0.15) is 18.9 Å². The number of carbonyl (C=O) groups is 1. The van der Waals surface area contributed by atoms with Crippen molar-refractivity contribution in [3.8, 4) is 0 Å². The van der Waals surface area contributed by atoms with Crippen LogP contribution in [0.4, 0.5) is 4.39 Å². The van der Waals surface area contributed by atoms with Gasteiger partial charge in [-0.2, -0.15) is 4.90 Å². The summed E-state index contributed by atoms with van der Waals surface area (Å²) in [5.74, 6) is -0.0670. The molecule has 0 spiro atoms. The third-order valence-corrected chi connectivity index (χ3v) is 3.29. The van der Waals surface area contributed by atoms with Gasteiger partial charge in [-0.1, -0.05) is 30.3 Å². The van der Waals surface area contributed by atoms with Gasteiger partial charge in [0.2, 0.25) is 0 Å². The molecule has 0 bridgehead atoms. The van der Waals surface area contributed by atoms with E-state index in [1.165, 1.54) is 12.1 Å². The Morgan fingerprint density at radius 3 is 2.50 bits per heavy atom. The maximum atomic E-state index is 13.7. The first-order valence-corrected chi connectivity index (χ1v) is 6.50. The quantitative estimate of drug-likeness (QED) is 0.860. The number of halogens is 1. The molecule has 0 unspecified atom stereocenters. The molecule has 4 heteroatoms. The van der Waals surface area contributed by atoms with Crippen LogP contribution >= 0.6 is 0 Å². The summed E-state index contributed by atoms with van der Waals surface area (Å²) in [7, 11) is 0. The van der Waals surface area contributed by atoms with Crippen LogP contribution in [0.1, 0.15) is 15.9 Å². The Hall–Kier alpha value is -2.49. The third kappa shape index (κ3) is 2.20. The Labute approximate surface area is 116 Å². The van der Waals surface area contributed by atoms with E-state index in [-0.39, 0.29) is 11.5 Å². The lowest BCUT2D eigenvalue weighted by Crippen LogP contribution is -2.71. The largest absolute Gasteiger partial charge is 0.344 e. The van der Waals surface area contributed by atoms with Crippen molar-refractivity contribution >= 4 is 11.7 Å². The Morgan fingerprint density at radius 2 is 1.75 bits per heavy atom. The summed E-state index contributed by atoms with van der Waals surface area (Å²) in [5, 5.41) is 0. The minimum Gasteiger partial charge on any atom is -0.270 e. The molecule has 0 aliphatic carbocycles. The zero-order valence-corrected chi connectivity index (χ0v) is 10.8. The van der Waals surface area contributed by atoms with Crippen molar-refractivity contribution in [3.05, 3.63) is 71.5 Å². The van der Waals surface area contributed by atoms with Gasteiger partial charge in [0.25, 0.3) is 5.84 Å². The maximum Gasteiger partial charge on any atom is 0.344 e. The summed E-state index contributed by atoms with van der Waals surface area (Å²) in [5.41, 5.74) is 1.03. The minimum atomic E-state index is -0.489. The second kappa shape index (κ2) is 5.25. The molecular weight excluding hydrogens is 255 g/mol. The molecule has 0 fully saturated rings. The van der Waals surface area contributed by atoms with E-state index in [0.29, 0.717) is 13.1 Å².